The first-order chi connectivity index (χ1) is 14.2. The number of rotatable bonds is 6. The van der Waals surface area contributed by atoms with Crippen molar-refractivity contribution >= 4 is 5.78 Å². The second kappa shape index (κ2) is 23.4. The average Bonchev–Trinajstić information content (AvgIpc) is 2.67. The van der Waals surface area contributed by atoms with Crippen molar-refractivity contribution in [3.05, 3.63) is 108 Å². The monoisotopic (exact) mass is 423 g/mol. The molecule has 0 radical (unpaired) electrons. The summed E-state index contributed by atoms with van der Waals surface area (Å²) in [5.41, 5.74) is 11.0. The van der Waals surface area contributed by atoms with E-state index in [1.807, 2.05) is 53.7 Å². The Hall–Kier alpha value is -2.89. The van der Waals surface area contributed by atoms with Crippen LogP contribution in [-0.4, -0.2) is 5.78 Å². The Bertz CT molecular complexity index is 781. The molecule has 0 amide bonds. The van der Waals surface area contributed by atoms with Crippen molar-refractivity contribution in [2.24, 2.45) is 0 Å². The highest BCUT2D eigenvalue weighted by Crippen LogP contribution is 2.23. The minimum Gasteiger partial charge on any atom is -0.344 e. The summed E-state index contributed by atoms with van der Waals surface area (Å²) in [5.74, 6) is 0.0367. The molecule has 1 aliphatic rings. The molecule has 0 aromatic carbocycles. The van der Waals surface area contributed by atoms with Crippen LogP contribution in [0.3, 0.4) is 0 Å². The zero-order chi connectivity index (χ0) is 24.1. The molecule has 0 aromatic rings. The van der Waals surface area contributed by atoms with Gasteiger partial charge in [-0.15, -0.1) is 18.0 Å². The van der Waals surface area contributed by atoms with E-state index in [4.69, 9.17) is 0 Å². The van der Waals surface area contributed by atoms with Crippen LogP contribution in [0.25, 0.3) is 0 Å². The zero-order valence-electron chi connectivity index (χ0n) is 21.3. The quantitative estimate of drug-likeness (QED) is 0.200. The molecule has 1 aliphatic carbocycles. The molecule has 0 unspecified atom stereocenters. The number of hydrogen-bond donors (Lipinski definition) is 1. The lowest BCUT2D eigenvalue weighted by atomic mass is 9.92. The SMILES string of the molecule is C=C=CC1=C=CC(=C)C(CC(=O)/C(C=C)=C(\C)C=C(C)C)=C1.C=CC.CC.CCC.N. The Balaban J connectivity index is -0.000000354. The summed E-state index contributed by atoms with van der Waals surface area (Å²) in [5, 5.41) is 0. The summed E-state index contributed by atoms with van der Waals surface area (Å²) in [6.07, 6.45) is 12.3. The molecular weight excluding hydrogens is 378 g/mol. The minimum atomic E-state index is 0. The molecule has 2 heteroatoms. The first kappa shape index (κ1) is 35.5. The molecule has 0 saturated carbocycles. The molecule has 0 bridgehead atoms. The summed E-state index contributed by atoms with van der Waals surface area (Å²) in [6, 6.07) is 0. The highest BCUT2D eigenvalue weighted by Gasteiger charge is 2.14. The molecule has 3 N–H and O–H groups in total. The van der Waals surface area contributed by atoms with Gasteiger partial charge in [0.2, 0.25) is 0 Å². The van der Waals surface area contributed by atoms with Crippen LogP contribution in [0.2, 0.25) is 0 Å². The van der Waals surface area contributed by atoms with Gasteiger partial charge in [0.25, 0.3) is 0 Å². The lowest BCUT2D eigenvalue weighted by Crippen LogP contribution is -2.06. The van der Waals surface area contributed by atoms with Crippen LogP contribution < -0.4 is 6.15 Å². The van der Waals surface area contributed by atoms with Crippen molar-refractivity contribution in [3.8, 4) is 0 Å². The van der Waals surface area contributed by atoms with Crippen molar-refractivity contribution < 1.29 is 4.79 Å². The van der Waals surface area contributed by atoms with Gasteiger partial charge in [-0.25, -0.2) is 0 Å². The third-order valence-electron chi connectivity index (χ3n) is 3.20. The maximum absolute atomic E-state index is 12.6. The molecule has 0 atom stereocenters. The van der Waals surface area contributed by atoms with Crippen LogP contribution in [0, 0.1) is 0 Å². The van der Waals surface area contributed by atoms with E-state index in [0.717, 1.165) is 27.9 Å². The summed E-state index contributed by atoms with van der Waals surface area (Å²) in [6.45, 7) is 30.7. The molecule has 0 aliphatic heterocycles. The molecule has 0 spiro atoms. The zero-order valence-corrected chi connectivity index (χ0v) is 21.3. The van der Waals surface area contributed by atoms with E-state index in [1.165, 1.54) is 6.42 Å². The summed E-state index contributed by atoms with van der Waals surface area (Å²) in [4.78, 5) is 12.6. The van der Waals surface area contributed by atoms with E-state index >= 15 is 0 Å². The highest BCUT2D eigenvalue weighted by molar-refractivity contribution is 6.01. The number of Topliss-reactive ketones (excluding diaryl/α,β-unsaturated/α-hetero) is 1. The number of ketones is 1. The lowest BCUT2D eigenvalue weighted by molar-refractivity contribution is -0.114. The highest BCUT2D eigenvalue weighted by atomic mass is 16.1. The van der Waals surface area contributed by atoms with Crippen molar-refractivity contribution in [1.29, 1.82) is 0 Å². The molecule has 2 nitrogen and oxygen atoms in total. The van der Waals surface area contributed by atoms with Crippen molar-refractivity contribution in [1.82, 2.24) is 6.15 Å². The Kier molecular flexibility index (Phi) is 26.8. The fraction of sp³-hybridized carbons (Fsp3) is 0.345. The average molecular weight is 424 g/mol. The van der Waals surface area contributed by atoms with Crippen LogP contribution in [0.15, 0.2) is 108 Å². The molecule has 0 fully saturated rings. The van der Waals surface area contributed by atoms with Crippen molar-refractivity contribution in [3.63, 3.8) is 0 Å². The fourth-order valence-electron chi connectivity index (χ4n) is 2.22. The van der Waals surface area contributed by atoms with Gasteiger partial charge < -0.3 is 6.15 Å². The lowest BCUT2D eigenvalue weighted by Gasteiger charge is -2.11. The Morgan fingerprint density at radius 1 is 1.16 bits per heavy atom. The van der Waals surface area contributed by atoms with Gasteiger partial charge in [0, 0.05) is 17.6 Å². The number of hydrogen-bond acceptors (Lipinski definition) is 2. The second-order valence-corrected chi connectivity index (χ2v) is 6.53. The second-order valence-electron chi connectivity index (χ2n) is 6.53. The van der Waals surface area contributed by atoms with E-state index < -0.39 is 0 Å². The smallest absolute Gasteiger partial charge is 0.167 e. The first-order valence-electron chi connectivity index (χ1n) is 10.5. The van der Waals surface area contributed by atoms with Crippen LogP contribution in [0.4, 0.5) is 0 Å². The molecular formula is C29H45NO. The molecule has 172 valence electrons. The topological polar surface area (TPSA) is 52.1 Å². The van der Waals surface area contributed by atoms with Gasteiger partial charge in [0.1, 0.15) is 0 Å². The van der Waals surface area contributed by atoms with Gasteiger partial charge in [-0.3, -0.25) is 4.79 Å². The number of carbonyl (C=O) groups is 1. The van der Waals surface area contributed by atoms with Gasteiger partial charge in [-0.1, -0.05) is 77.7 Å². The largest absolute Gasteiger partial charge is 0.344 e. The standard InChI is InChI=1S/C21H22O.C3H8.C3H6.C2H6.H3N/c1-7-9-18-11-10-16(5)19(13-18)14-21(22)20(8-2)17(6)12-15(3)4;2*1-3-2;1-2;/h8-10,12-13H,1-2,5,14H2,3-4,6H3;3H2,1-2H3;3H,1H2,2H3;1-2H3;1H3/b20-17+;;;;. The Labute approximate surface area is 192 Å². The van der Waals surface area contributed by atoms with Crippen LogP contribution >= 0.6 is 0 Å². The first-order valence-corrected chi connectivity index (χ1v) is 10.5. The van der Waals surface area contributed by atoms with E-state index in [0.29, 0.717) is 12.0 Å². The predicted octanol–water partition coefficient (Wildman–Crippen LogP) is 9.13. The van der Waals surface area contributed by atoms with Gasteiger partial charge in [0.05, 0.1) is 0 Å². The van der Waals surface area contributed by atoms with E-state index in [2.05, 4.69) is 51.6 Å². The van der Waals surface area contributed by atoms with Crippen molar-refractivity contribution in [2.75, 3.05) is 0 Å². The van der Waals surface area contributed by atoms with Gasteiger partial charge in [0.15, 0.2) is 5.78 Å². The van der Waals surface area contributed by atoms with Gasteiger partial charge in [-0.2, -0.15) is 0 Å². The maximum Gasteiger partial charge on any atom is 0.167 e. The third-order valence-corrected chi connectivity index (χ3v) is 3.20. The Morgan fingerprint density at radius 3 is 2.03 bits per heavy atom. The minimum absolute atomic E-state index is 0. The van der Waals surface area contributed by atoms with E-state index in [1.54, 1.807) is 24.3 Å². The third kappa shape index (κ3) is 17.7. The van der Waals surface area contributed by atoms with Crippen LogP contribution in [0.5, 0.6) is 0 Å². The molecule has 1 rings (SSSR count). The van der Waals surface area contributed by atoms with Gasteiger partial charge >= 0.3 is 0 Å². The molecule has 0 saturated heterocycles. The molecule has 0 heterocycles. The molecule has 0 aromatic heterocycles. The van der Waals surface area contributed by atoms with E-state index in [-0.39, 0.29) is 11.9 Å². The fourth-order valence-corrected chi connectivity index (χ4v) is 2.22. The van der Waals surface area contributed by atoms with Crippen LogP contribution in [0.1, 0.15) is 68.2 Å². The predicted molar refractivity (Wildman–Crippen MR) is 143 cm³/mol. The van der Waals surface area contributed by atoms with Crippen LogP contribution in [-0.2, 0) is 4.79 Å². The molecule has 31 heavy (non-hydrogen) atoms. The van der Waals surface area contributed by atoms with Crippen molar-refractivity contribution in [2.45, 2.75) is 68.2 Å². The number of allylic oxidation sites excluding steroid dienone is 11. The Morgan fingerprint density at radius 2 is 1.65 bits per heavy atom. The van der Waals surface area contributed by atoms with E-state index in [9.17, 15) is 4.79 Å². The number of carbonyl (C=O) groups excluding carboxylic acids is 1. The summed E-state index contributed by atoms with van der Waals surface area (Å²) in [7, 11) is 0. The maximum atomic E-state index is 12.6. The van der Waals surface area contributed by atoms with Gasteiger partial charge in [-0.05, 0) is 62.6 Å². The normalized spacial score (nSPS) is 11.3. The summed E-state index contributed by atoms with van der Waals surface area (Å²) < 4.78 is 0. The summed E-state index contributed by atoms with van der Waals surface area (Å²) >= 11 is 0.